The number of carbonyl (C=O) groups excluding carboxylic acids is 2. The molecule has 0 unspecified atom stereocenters. The minimum absolute atomic E-state index is 0.131. The average molecular weight is 386 g/mol. The van der Waals surface area contributed by atoms with Gasteiger partial charge in [-0.1, -0.05) is 30.3 Å². The van der Waals surface area contributed by atoms with Gasteiger partial charge in [-0.25, -0.2) is 4.79 Å². The molecule has 1 aromatic rings. The molecule has 152 valence electrons. The lowest BCUT2D eigenvalue weighted by Crippen LogP contribution is -2.47. The van der Waals surface area contributed by atoms with Crippen molar-refractivity contribution in [3.63, 3.8) is 0 Å². The number of hydrogen-bond acceptors (Lipinski definition) is 5. The summed E-state index contributed by atoms with van der Waals surface area (Å²) in [5, 5.41) is 3.33. The summed E-state index contributed by atoms with van der Waals surface area (Å²) in [5.41, 5.74) is 0.221. The van der Waals surface area contributed by atoms with E-state index >= 15 is 0 Å². The molecule has 0 atom stereocenters. The van der Waals surface area contributed by atoms with E-state index in [1.54, 1.807) is 0 Å². The van der Waals surface area contributed by atoms with Crippen molar-refractivity contribution in [3.05, 3.63) is 35.9 Å². The summed E-state index contributed by atoms with van der Waals surface area (Å²) < 4.78 is 11.4. The van der Waals surface area contributed by atoms with Crippen LogP contribution in [0.25, 0.3) is 0 Å². The molecule has 2 heterocycles. The number of carbonyl (C=O) groups is 2. The summed E-state index contributed by atoms with van der Waals surface area (Å²) in [6.45, 7) is 4.79. The van der Waals surface area contributed by atoms with Crippen LogP contribution in [0, 0.1) is 5.41 Å². The van der Waals surface area contributed by atoms with E-state index in [2.05, 4.69) is 5.32 Å². The molecule has 6 nitrogen and oxygen atoms in total. The van der Waals surface area contributed by atoms with Gasteiger partial charge in [0.2, 0.25) is 0 Å². The van der Waals surface area contributed by atoms with E-state index in [4.69, 9.17) is 9.47 Å². The Labute approximate surface area is 166 Å². The normalized spacial score (nSPS) is 29.5. The number of nitrogens with one attached hydrogen (secondary N) is 1. The fourth-order valence-electron chi connectivity index (χ4n) is 4.72. The van der Waals surface area contributed by atoms with Gasteiger partial charge in [0.1, 0.15) is 12.2 Å². The first kappa shape index (κ1) is 19.2. The highest BCUT2D eigenvalue weighted by Gasteiger charge is 2.49. The Hall–Kier alpha value is -2.08. The second-order valence-corrected chi connectivity index (χ2v) is 8.78. The van der Waals surface area contributed by atoms with Crippen LogP contribution in [0.5, 0.6) is 0 Å². The standard InChI is InChI=1S/C22H30N2O4/c1-21(19(25)27-15-17-5-3-2-4-6-17)9-7-18(8-10-21)24-16-22(28-20(24)26)11-13-23-14-12-22/h2-6,18,23H,7-16H2,1H3/t18-,21+. The number of piperidine rings is 1. The van der Waals surface area contributed by atoms with Crippen molar-refractivity contribution in [3.8, 4) is 0 Å². The second-order valence-electron chi connectivity index (χ2n) is 8.78. The predicted molar refractivity (Wildman–Crippen MR) is 105 cm³/mol. The van der Waals surface area contributed by atoms with Crippen molar-refractivity contribution in [2.24, 2.45) is 5.41 Å². The molecule has 2 aliphatic heterocycles. The highest BCUT2D eigenvalue weighted by atomic mass is 16.6. The van der Waals surface area contributed by atoms with Crippen LogP contribution >= 0.6 is 0 Å². The van der Waals surface area contributed by atoms with Crippen molar-refractivity contribution >= 4 is 12.1 Å². The number of ether oxygens (including phenoxy) is 2. The predicted octanol–water partition coefficient (Wildman–Crippen LogP) is 3.25. The van der Waals surface area contributed by atoms with Crippen molar-refractivity contribution in [2.75, 3.05) is 19.6 Å². The van der Waals surface area contributed by atoms with E-state index in [1.165, 1.54) is 0 Å². The fourth-order valence-corrected chi connectivity index (χ4v) is 4.72. The summed E-state index contributed by atoms with van der Waals surface area (Å²) >= 11 is 0. The molecule has 2 saturated heterocycles. The van der Waals surface area contributed by atoms with E-state index in [-0.39, 0.29) is 23.7 Å². The average Bonchev–Trinajstić information content (AvgIpc) is 3.03. The van der Waals surface area contributed by atoms with E-state index in [0.29, 0.717) is 13.2 Å². The molecule has 1 spiro atoms. The van der Waals surface area contributed by atoms with Gasteiger partial charge >= 0.3 is 12.1 Å². The third kappa shape index (κ3) is 3.88. The SMILES string of the molecule is C[C@]1(C(=O)OCc2ccccc2)CC[C@@H](N2CC3(CCNCC3)OC2=O)CC1. The Balaban J connectivity index is 1.31. The first-order valence-electron chi connectivity index (χ1n) is 10.4. The molecule has 1 N–H and O–H groups in total. The summed E-state index contributed by atoms with van der Waals surface area (Å²) in [6.07, 6.45) is 4.70. The zero-order chi connectivity index (χ0) is 19.6. The zero-order valence-electron chi connectivity index (χ0n) is 16.6. The number of rotatable bonds is 4. The molecule has 3 aliphatic rings. The van der Waals surface area contributed by atoms with Crippen LogP contribution in [0.2, 0.25) is 0 Å². The van der Waals surface area contributed by atoms with Gasteiger partial charge in [-0.05, 0) is 51.3 Å². The van der Waals surface area contributed by atoms with Gasteiger partial charge < -0.3 is 19.7 Å². The Morgan fingerprint density at radius 2 is 1.86 bits per heavy atom. The lowest BCUT2D eigenvalue weighted by molar-refractivity contribution is -0.158. The first-order valence-corrected chi connectivity index (χ1v) is 10.4. The van der Waals surface area contributed by atoms with Crippen LogP contribution in [-0.4, -0.2) is 48.2 Å². The van der Waals surface area contributed by atoms with Crippen molar-refractivity contribution in [1.82, 2.24) is 10.2 Å². The number of esters is 1. The largest absolute Gasteiger partial charge is 0.460 e. The van der Waals surface area contributed by atoms with Gasteiger partial charge in [-0.2, -0.15) is 0 Å². The smallest absolute Gasteiger partial charge is 0.410 e. The van der Waals surface area contributed by atoms with E-state index in [9.17, 15) is 9.59 Å². The Morgan fingerprint density at radius 1 is 1.18 bits per heavy atom. The molecule has 0 radical (unpaired) electrons. The lowest BCUT2D eigenvalue weighted by Gasteiger charge is -2.38. The molecule has 1 aromatic carbocycles. The first-order chi connectivity index (χ1) is 13.5. The van der Waals surface area contributed by atoms with Gasteiger partial charge in [-0.3, -0.25) is 4.79 Å². The number of nitrogens with zero attached hydrogens (tertiary/aromatic N) is 1. The van der Waals surface area contributed by atoms with Crippen molar-refractivity contribution in [1.29, 1.82) is 0 Å². The monoisotopic (exact) mass is 386 g/mol. The zero-order valence-corrected chi connectivity index (χ0v) is 16.6. The quantitative estimate of drug-likeness (QED) is 0.805. The molecule has 4 rings (SSSR count). The van der Waals surface area contributed by atoms with Crippen LogP contribution in [0.3, 0.4) is 0 Å². The van der Waals surface area contributed by atoms with Crippen LogP contribution in [0.4, 0.5) is 4.79 Å². The maximum atomic E-state index is 12.7. The third-order valence-corrected chi connectivity index (χ3v) is 6.72. The van der Waals surface area contributed by atoms with Crippen LogP contribution in [0.15, 0.2) is 30.3 Å². The molecular formula is C22H30N2O4. The topological polar surface area (TPSA) is 67.9 Å². The van der Waals surface area contributed by atoms with Gasteiger partial charge in [0, 0.05) is 18.9 Å². The summed E-state index contributed by atoms with van der Waals surface area (Å²) in [5.74, 6) is -0.131. The van der Waals surface area contributed by atoms with E-state index < -0.39 is 5.41 Å². The molecule has 1 amide bonds. The molecule has 6 heteroatoms. The Bertz CT molecular complexity index is 707. The summed E-state index contributed by atoms with van der Waals surface area (Å²) in [4.78, 5) is 27.1. The van der Waals surface area contributed by atoms with Crippen molar-refractivity contribution < 1.29 is 19.1 Å². The number of benzene rings is 1. The maximum absolute atomic E-state index is 12.7. The lowest BCUT2D eigenvalue weighted by atomic mass is 9.73. The van der Waals surface area contributed by atoms with Gasteiger partial charge in [0.05, 0.1) is 12.0 Å². The molecule has 1 saturated carbocycles. The van der Waals surface area contributed by atoms with Crippen LogP contribution < -0.4 is 5.32 Å². The number of amides is 1. The summed E-state index contributed by atoms with van der Waals surface area (Å²) in [7, 11) is 0. The highest BCUT2D eigenvalue weighted by Crippen LogP contribution is 2.41. The molecule has 0 aromatic heterocycles. The van der Waals surface area contributed by atoms with E-state index in [0.717, 1.165) is 57.2 Å². The second kappa shape index (κ2) is 7.74. The molecule has 1 aliphatic carbocycles. The highest BCUT2D eigenvalue weighted by molar-refractivity contribution is 5.76. The number of hydrogen-bond donors (Lipinski definition) is 1. The fraction of sp³-hybridized carbons (Fsp3) is 0.636. The minimum Gasteiger partial charge on any atom is -0.460 e. The minimum atomic E-state index is -0.471. The van der Waals surface area contributed by atoms with Gasteiger partial charge in [-0.15, -0.1) is 0 Å². The molecule has 0 bridgehead atoms. The van der Waals surface area contributed by atoms with Crippen molar-refractivity contribution in [2.45, 2.75) is 63.7 Å². The van der Waals surface area contributed by atoms with Gasteiger partial charge in [0.25, 0.3) is 0 Å². The molecule has 28 heavy (non-hydrogen) atoms. The Kier molecular flexibility index (Phi) is 5.32. The molecule has 3 fully saturated rings. The van der Waals surface area contributed by atoms with Gasteiger partial charge in [0.15, 0.2) is 0 Å². The molecular weight excluding hydrogens is 356 g/mol. The summed E-state index contributed by atoms with van der Waals surface area (Å²) in [6, 6.07) is 9.92. The maximum Gasteiger partial charge on any atom is 0.410 e. The third-order valence-electron chi connectivity index (χ3n) is 6.72. The van der Waals surface area contributed by atoms with Crippen LogP contribution in [-0.2, 0) is 20.9 Å². The Morgan fingerprint density at radius 3 is 2.54 bits per heavy atom. The van der Waals surface area contributed by atoms with E-state index in [1.807, 2.05) is 42.2 Å². The van der Waals surface area contributed by atoms with Crippen LogP contribution in [0.1, 0.15) is 51.0 Å².